The largest absolute Gasteiger partial charge is 0.389 e. The van der Waals surface area contributed by atoms with Crippen molar-refractivity contribution in [1.82, 2.24) is 9.88 Å². The average Bonchev–Trinajstić information content (AvgIpc) is 2.67. The number of carbonyl (C=O) groups is 1. The number of hydrogen-bond acceptors (Lipinski definition) is 4. The first-order valence-electron chi connectivity index (χ1n) is 10.3. The standard InChI is InChI=1S/C22H31ClN4O2Si/c1-15-14-26(21-20(23)12-17(13-24-21)16(2)28)10-11-27(15)22(29)25-18-6-8-19(9-7-18)30(3,4)5/h6-9,12-13,15-16,28H,10-11,14H2,1-5H3,(H,25,29). The summed E-state index contributed by atoms with van der Waals surface area (Å²) in [6.45, 7) is 12.5. The van der Waals surface area contributed by atoms with Crippen LogP contribution >= 0.6 is 11.6 Å². The van der Waals surface area contributed by atoms with E-state index in [1.807, 2.05) is 24.0 Å². The van der Waals surface area contributed by atoms with Crippen molar-refractivity contribution in [1.29, 1.82) is 0 Å². The van der Waals surface area contributed by atoms with Gasteiger partial charge in [-0.3, -0.25) is 0 Å². The second kappa shape index (κ2) is 8.96. The first kappa shape index (κ1) is 22.6. The summed E-state index contributed by atoms with van der Waals surface area (Å²) in [4.78, 5) is 21.2. The first-order chi connectivity index (χ1) is 14.1. The number of nitrogens with zero attached hydrogens (tertiary/aromatic N) is 3. The van der Waals surface area contributed by atoms with E-state index in [9.17, 15) is 9.90 Å². The van der Waals surface area contributed by atoms with E-state index in [1.54, 1.807) is 19.2 Å². The molecule has 0 aliphatic carbocycles. The van der Waals surface area contributed by atoms with E-state index in [0.717, 1.165) is 5.69 Å². The number of carbonyl (C=O) groups excluding carboxylic acids is 1. The van der Waals surface area contributed by atoms with E-state index in [4.69, 9.17) is 11.6 Å². The molecule has 2 N–H and O–H groups in total. The quantitative estimate of drug-likeness (QED) is 0.694. The van der Waals surface area contributed by atoms with Crippen LogP contribution in [-0.2, 0) is 0 Å². The van der Waals surface area contributed by atoms with Crippen LogP contribution in [0.25, 0.3) is 0 Å². The summed E-state index contributed by atoms with van der Waals surface area (Å²) in [5, 5.41) is 14.6. The highest BCUT2D eigenvalue weighted by Crippen LogP contribution is 2.28. The molecule has 0 bridgehead atoms. The second-order valence-electron chi connectivity index (χ2n) is 9.00. The number of aliphatic hydroxyl groups excluding tert-OH is 1. The van der Waals surface area contributed by atoms with Crippen LogP contribution in [0.15, 0.2) is 36.5 Å². The van der Waals surface area contributed by atoms with Crippen molar-refractivity contribution in [3.63, 3.8) is 0 Å². The molecule has 1 aromatic carbocycles. The summed E-state index contributed by atoms with van der Waals surface area (Å²) in [6.07, 6.45) is 1.04. The van der Waals surface area contributed by atoms with E-state index in [2.05, 4.69) is 47.0 Å². The van der Waals surface area contributed by atoms with E-state index in [0.29, 0.717) is 36.0 Å². The third-order valence-electron chi connectivity index (χ3n) is 5.52. The monoisotopic (exact) mass is 446 g/mol. The van der Waals surface area contributed by atoms with Gasteiger partial charge < -0.3 is 20.2 Å². The number of nitrogens with one attached hydrogen (secondary N) is 1. The molecule has 162 valence electrons. The number of anilines is 2. The van der Waals surface area contributed by atoms with Crippen molar-refractivity contribution in [2.75, 3.05) is 29.9 Å². The van der Waals surface area contributed by atoms with Gasteiger partial charge in [0.15, 0.2) is 0 Å². The first-order valence-corrected chi connectivity index (χ1v) is 14.2. The van der Waals surface area contributed by atoms with Gasteiger partial charge in [-0.15, -0.1) is 0 Å². The summed E-state index contributed by atoms with van der Waals surface area (Å²) < 4.78 is 0. The number of aromatic nitrogens is 1. The Kier molecular flexibility index (Phi) is 6.74. The van der Waals surface area contributed by atoms with Crippen LogP contribution in [0.5, 0.6) is 0 Å². The zero-order valence-corrected chi connectivity index (χ0v) is 20.1. The van der Waals surface area contributed by atoms with Gasteiger partial charge in [0, 0.05) is 43.1 Å². The molecule has 2 unspecified atom stereocenters. The van der Waals surface area contributed by atoms with E-state index >= 15 is 0 Å². The molecule has 1 aliphatic rings. The molecule has 1 aliphatic heterocycles. The Morgan fingerprint density at radius 1 is 1.27 bits per heavy atom. The fourth-order valence-electron chi connectivity index (χ4n) is 3.61. The van der Waals surface area contributed by atoms with Gasteiger partial charge in [-0.05, 0) is 32.0 Å². The molecule has 30 heavy (non-hydrogen) atoms. The maximum Gasteiger partial charge on any atom is 0.322 e. The van der Waals surface area contributed by atoms with Crippen LogP contribution in [0.4, 0.5) is 16.3 Å². The maximum absolute atomic E-state index is 12.8. The van der Waals surface area contributed by atoms with Gasteiger partial charge in [-0.1, -0.05) is 48.6 Å². The molecule has 6 nitrogen and oxygen atoms in total. The van der Waals surface area contributed by atoms with Crippen molar-refractivity contribution in [3.8, 4) is 0 Å². The fraction of sp³-hybridized carbons (Fsp3) is 0.455. The number of rotatable bonds is 4. The predicted octanol–water partition coefficient (Wildman–Crippen LogP) is 4.08. The smallest absolute Gasteiger partial charge is 0.322 e. The Labute approximate surface area is 184 Å². The summed E-state index contributed by atoms with van der Waals surface area (Å²) in [5.41, 5.74) is 1.50. The maximum atomic E-state index is 12.8. The average molecular weight is 447 g/mol. The van der Waals surface area contributed by atoms with Gasteiger partial charge in [0.25, 0.3) is 0 Å². The Hall–Kier alpha value is -2.09. The molecule has 3 rings (SSSR count). The van der Waals surface area contributed by atoms with Crippen LogP contribution in [0, 0.1) is 0 Å². The van der Waals surface area contributed by atoms with Crippen molar-refractivity contribution < 1.29 is 9.90 Å². The van der Waals surface area contributed by atoms with E-state index < -0.39 is 14.2 Å². The SMILES string of the molecule is CC(O)c1cnc(N2CCN(C(=O)Nc3ccc([Si](C)(C)C)cc3)C(C)C2)c(Cl)c1. The second-order valence-corrected chi connectivity index (χ2v) is 14.5. The molecule has 0 radical (unpaired) electrons. The van der Waals surface area contributed by atoms with Crippen molar-refractivity contribution >= 4 is 42.4 Å². The fourth-order valence-corrected chi connectivity index (χ4v) is 5.07. The zero-order chi connectivity index (χ0) is 22.1. The number of urea groups is 1. The van der Waals surface area contributed by atoms with E-state index in [1.165, 1.54) is 5.19 Å². The number of halogens is 1. The Balaban J connectivity index is 1.63. The highest BCUT2D eigenvalue weighted by atomic mass is 35.5. The number of pyridine rings is 1. The number of benzene rings is 1. The Morgan fingerprint density at radius 3 is 2.47 bits per heavy atom. The lowest BCUT2D eigenvalue weighted by molar-refractivity contribution is 0.184. The zero-order valence-electron chi connectivity index (χ0n) is 18.3. The summed E-state index contributed by atoms with van der Waals surface area (Å²) >= 11 is 6.40. The number of hydrogen-bond donors (Lipinski definition) is 2. The Bertz CT molecular complexity index is 899. The minimum absolute atomic E-state index is 0.00862. The van der Waals surface area contributed by atoms with Crippen LogP contribution in [0.1, 0.15) is 25.5 Å². The third-order valence-corrected chi connectivity index (χ3v) is 7.86. The highest BCUT2D eigenvalue weighted by molar-refractivity contribution is 6.88. The Morgan fingerprint density at radius 2 is 1.93 bits per heavy atom. The van der Waals surface area contributed by atoms with Crippen LogP contribution in [-0.4, -0.2) is 54.8 Å². The lowest BCUT2D eigenvalue weighted by atomic mass is 10.1. The molecule has 1 fully saturated rings. The minimum atomic E-state index is -1.35. The number of amides is 2. The molecule has 8 heteroatoms. The van der Waals surface area contributed by atoms with Gasteiger partial charge in [-0.25, -0.2) is 9.78 Å². The number of aliphatic hydroxyl groups is 1. The number of piperazine rings is 1. The van der Waals surface area contributed by atoms with Gasteiger partial charge in [-0.2, -0.15) is 0 Å². The predicted molar refractivity (Wildman–Crippen MR) is 127 cm³/mol. The van der Waals surface area contributed by atoms with Gasteiger partial charge in [0.1, 0.15) is 5.82 Å². The summed E-state index contributed by atoms with van der Waals surface area (Å²) in [7, 11) is -1.35. The van der Waals surface area contributed by atoms with Gasteiger partial charge >= 0.3 is 6.03 Å². The molecule has 1 aromatic heterocycles. The van der Waals surface area contributed by atoms with Crippen molar-refractivity contribution in [3.05, 3.63) is 47.1 Å². The van der Waals surface area contributed by atoms with Gasteiger partial charge in [0.05, 0.1) is 19.2 Å². The van der Waals surface area contributed by atoms with Crippen LogP contribution < -0.4 is 15.4 Å². The molecule has 0 spiro atoms. The minimum Gasteiger partial charge on any atom is -0.389 e. The lowest BCUT2D eigenvalue weighted by Gasteiger charge is -2.40. The third kappa shape index (κ3) is 5.14. The van der Waals surface area contributed by atoms with E-state index in [-0.39, 0.29) is 12.1 Å². The van der Waals surface area contributed by atoms with Crippen molar-refractivity contribution in [2.45, 2.75) is 45.6 Å². The molecule has 0 saturated carbocycles. The molecule has 2 aromatic rings. The molecule has 2 heterocycles. The molecular weight excluding hydrogens is 416 g/mol. The normalized spacial score (nSPS) is 18.3. The molecule has 2 atom stereocenters. The molecule has 1 saturated heterocycles. The molecular formula is C22H31ClN4O2Si. The topological polar surface area (TPSA) is 68.7 Å². The van der Waals surface area contributed by atoms with Crippen molar-refractivity contribution in [2.24, 2.45) is 0 Å². The van der Waals surface area contributed by atoms with Crippen LogP contribution in [0.3, 0.4) is 0 Å². The van der Waals surface area contributed by atoms with Crippen LogP contribution in [0.2, 0.25) is 24.7 Å². The molecule has 2 amide bonds. The summed E-state index contributed by atoms with van der Waals surface area (Å²) in [5.74, 6) is 0.690. The van der Waals surface area contributed by atoms with Gasteiger partial charge in [0.2, 0.25) is 0 Å². The highest BCUT2D eigenvalue weighted by Gasteiger charge is 2.29. The lowest BCUT2D eigenvalue weighted by Crippen LogP contribution is -2.55. The summed E-state index contributed by atoms with van der Waals surface area (Å²) in [6, 6.07) is 9.88.